The van der Waals surface area contributed by atoms with Crippen LogP contribution in [0.15, 0.2) is 12.2 Å². The van der Waals surface area contributed by atoms with Crippen molar-refractivity contribution in [2.24, 2.45) is 35.5 Å². The van der Waals surface area contributed by atoms with Crippen LogP contribution in [0.1, 0.15) is 106 Å². The van der Waals surface area contributed by atoms with Crippen LogP contribution < -0.4 is 10.6 Å². The zero-order valence-electron chi connectivity index (χ0n) is 25.3. The third-order valence-electron chi connectivity index (χ3n) is 8.68. The molecule has 7 unspecified atom stereocenters. The van der Waals surface area contributed by atoms with E-state index in [9.17, 15) is 9.59 Å². The molecule has 1 rings (SSSR count). The molecule has 0 amide bonds. The van der Waals surface area contributed by atoms with Crippen LogP contribution in [0.25, 0.3) is 0 Å². The summed E-state index contributed by atoms with van der Waals surface area (Å²) in [6, 6.07) is -0.0795. The Labute approximate surface area is 229 Å². The first-order valence-corrected chi connectivity index (χ1v) is 15.6. The maximum absolute atomic E-state index is 13.6. The Hall–Kier alpha value is -1.04. The largest absolute Gasteiger partial charge is 0.380 e. The fourth-order valence-corrected chi connectivity index (χ4v) is 5.85. The average molecular weight is 521 g/mol. The first-order chi connectivity index (χ1) is 17.9. The number of allylic oxidation sites excluding steroid dienone is 1. The van der Waals surface area contributed by atoms with Gasteiger partial charge in [0.1, 0.15) is 11.6 Å². The van der Waals surface area contributed by atoms with Crippen LogP contribution >= 0.6 is 0 Å². The van der Waals surface area contributed by atoms with Gasteiger partial charge in [0, 0.05) is 49.4 Å². The van der Waals surface area contributed by atoms with Gasteiger partial charge < -0.3 is 15.4 Å². The molecule has 0 aliphatic heterocycles. The molecule has 1 saturated carbocycles. The first-order valence-electron chi connectivity index (χ1n) is 15.6. The molecule has 1 aliphatic rings. The molecule has 0 radical (unpaired) electrons. The van der Waals surface area contributed by atoms with Gasteiger partial charge in [-0.2, -0.15) is 0 Å². The lowest BCUT2D eigenvalue weighted by atomic mass is 9.65. The summed E-state index contributed by atoms with van der Waals surface area (Å²) in [5.41, 5.74) is 0. The summed E-state index contributed by atoms with van der Waals surface area (Å²) < 4.78 is 5.90. The SMILES string of the molecule is C/C=C\C(NCCC(CC)CCCC)C1C(=O)C(C)C(CNCCOCC(CC)CCCC)C(=O)C1C. The first kappa shape index (κ1) is 34.0. The number of carbonyl (C=O) groups is 2. The number of carbonyl (C=O) groups excluding carboxylic acids is 2. The van der Waals surface area contributed by atoms with Crippen molar-refractivity contribution >= 4 is 11.6 Å². The number of ketones is 2. The van der Waals surface area contributed by atoms with E-state index in [0.29, 0.717) is 25.6 Å². The summed E-state index contributed by atoms with van der Waals surface area (Å²) in [6.07, 6.45) is 15.1. The molecule has 216 valence electrons. The van der Waals surface area contributed by atoms with E-state index in [0.717, 1.165) is 31.9 Å². The Morgan fingerprint density at radius 3 is 2.11 bits per heavy atom. The number of Topliss-reactive ketones (excluding diaryl/α,β-unsaturated/α-hetero) is 2. The molecule has 1 fully saturated rings. The standard InChI is InChI=1S/C32H60N2O3/c1-8-13-16-26(11-4)18-19-34-29(15-10-3)30-25(7)31(35)28(24(6)32(30)36)22-33-20-21-37-23-27(12-5)17-14-9-2/h10,15,24-30,33-34H,8-9,11-14,16-23H2,1-7H3/b15-10-. The predicted octanol–water partition coefficient (Wildman–Crippen LogP) is 6.61. The molecule has 7 atom stereocenters. The maximum Gasteiger partial charge on any atom is 0.142 e. The van der Waals surface area contributed by atoms with Crippen LogP contribution in [-0.2, 0) is 14.3 Å². The second-order valence-electron chi connectivity index (χ2n) is 11.4. The number of unbranched alkanes of at least 4 members (excludes halogenated alkanes) is 2. The minimum Gasteiger partial charge on any atom is -0.380 e. The van der Waals surface area contributed by atoms with E-state index in [2.05, 4.69) is 44.4 Å². The van der Waals surface area contributed by atoms with Crippen LogP contribution in [-0.4, -0.2) is 50.5 Å². The zero-order chi connectivity index (χ0) is 27.6. The quantitative estimate of drug-likeness (QED) is 0.132. The maximum atomic E-state index is 13.6. The van der Waals surface area contributed by atoms with Crippen molar-refractivity contribution < 1.29 is 14.3 Å². The monoisotopic (exact) mass is 520 g/mol. The van der Waals surface area contributed by atoms with Gasteiger partial charge in [0.25, 0.3) is 0 Å². The highest BCUT2D eigenvalue weighted by Gasteiger charge is 2.47. The summed E-state index contributed by atoms with van der Waals surface area (Å²) in [5, 5.41) is 7.05. The van der Waals surface area contributed by atoms with Crippen LogP contribution in [0.5, 0.6) is 0 Å². The normalized spacial score (nSPS) is 25.1. The molecule has 0 aromatic rings. The molecule has 2 N–H and O–H groups in total. The zero-order valence-corrected chi connectivity index (χ0v) is 25.3. The van der Waals surface area contributed by atoms with Gasteiger partial charge in [0.15, 0.2) is 0 Å². The van der Waals surface area contributed by atoms with Crippen LogP contribution in [0.4, 0.5) is 0 Å². The van der Waals surface area contributed by atoms with Crippen molar-refractivity contribution in [2.75, 3.05) is 32.8 Å². The van der Waals surface area contributed by atoms with E-state index < -0.39 is 0 Å². The minimum atomic E-state index is -0.289. The van der Waals surface area contributed by atoms with Gasteiger partial charge in [0.05, 0.1) is 6.61 Å². The van der Waals surface area contributed by atoms with E-state index in [1.165, 1.54) is 44.9 Å². The molecule has 1 aliphatic carbocycles. The number of ether oxygens (including phenoxy) is 1. The number of nitrogens with one attached hydrogen (secondary N) is 2. The Bertz CT molecular complexity index is 650. The minimum absolute atomic E-state index is 0.0795. The second kappa shape index (κ2) is 19.9. The lowest BCUT2D eigenvalue weighted by Crippen LogP contribution is -2.55. The van der Waals surface area contributed by atoms with E-state index >= 15 is 0 Å². The van der Waals surface area contributed by atoms with Gasteiger partial charge in [-0.15, -0.1) is 0 Å². The van der Waals surface area contributed by atoms with Gasteiger partial charge in [-0.1, -0.05) is 98.6 Å². The third-order valence-corrected chi connectivity index (χ3v) is 8.68. The van der Waals surface area contributed by atoms with Crippen LogP contribution in [0.2, 0.25) is 0 Å². The fourth-order valence-electron chi connectivity index (χ4n) is 5.85. The molecule has 5 nitrogen and oxygen atoms in total. The van der Waals surface area contributed by atoms with Gasteiger partial charge in [-0.05, 0) is 38.1 Å². The summed E-state index contributed by atoms with van der Waals surface area (Å²) in [4.78, 5) is 27.0. The number of hydrogen-bond acceptors (Lipinski definition) is 5. The summed E-state index contributed by atoms with van der Waals surface area (Å²) in [5.74, 6) is 0.738. The Kier molecular flexibility index (Phi) is 18.3. The van der Waals surface area contributed by atoms with Crippen molar-refractivity contribution in [1.29, 1.82) is 0 Å². The van der Waals surface area contributed by atoms with Crippen LogP contribution in [0, 0.1) is 35.5 Å². The molecule has 0 aromatic heterocycles. The summed E-state index contributed by atoms with van der Waals surface area (Å²) in [6.45, 7) is 18.5. The van der Waals surface area contributed by atoms with Crippen molar-refractivity contribution in [3.8, 4) is 0 Å². The highest BCUT2D eigenvalue weighted by atomic mass is 16.5. The van der Waals surface area contributed by atoms with Gasteiger partial charge in [0.2, 0.25) is 0 Å². The lowest BCUT2D eigenvalue weighted by molar-refractivity contribution is -0.146. The molecule has 37 heavy (non-hydrogen) atoms. The Morgan fingerprint density at radius 1 is 0.865 bits per heavy atom. The number of hydrogen-bond donors (Lipinski definition) is 2. The molecular formula is C32H60N2O3. The Morgan fingerprint density at radius 2 is 1.51 bits per heavy atom. The molecule has 0 aromatic carbocycles. The molecule has 0 heterocycles. The molecule has 0 saturated heterocycles. The van der Waals surface area contributed by atoms with E-state index in [1.54, 1.807) is 0 Å². The van der Waals surface area contributed by atoms with Crippen molar-refractivity contribution in [3.05, 3.63) is 12.2 Å². The van der Waals surface area contributed by atoms with Gasteiger partial charge in [-0.3, -0.25) is 9.59 Å². The average Bonchev–Trinajstić information content (AvgIpc) is 2.90. The van der Waals surface area contributed by atoms with Gasteiger partial charge in [-0.25, -0.2) is 0 Å². The molecule has 5 heteroatoms. The summed E-state index contributed by atoms with van der Waals surface area (Å²) in [7, 11) is 0. The molecule has 0 bridgehead atoms. The topological polar surface area (TPSA) is 67.4 Å². The van der Waals surface area contributed by atoms with E-state index in [1.807, 2.05) is 26.8 Å². The molecule has 0 spiro atoms. The third kappa shape index (κ3) is 11.7. The van der Waals surface area contributed by atoms with E-state index in [-0.39, 0.29) is 41.3 Å². The van der Waals surface area contributed by atoms with Crippen LogP contribution in [0.3, 0.4) is 0 Å². The fraction of sp³-hybridized carbons (Fsp3) is 0.875. The lowest BCUT2D eigenvalue weighted by Gasteiger charge is -2.39. The summed E-state index contributed by atoms with van der Waals surface area (Å²) >= 11 is 0. The molecular weight excluding hydrogens is 460 g/mol. The Balaban J connectivity index is 2.60. The van der Waals surface area contributed by atoms with Crippen molar-refractivity contribution in [1.82, 2.24) is 10.6 Å². The van der Waals surface area contributed by atoms with E-state index in [4.69, 9.17) is 4.74 Å². The van der Waals surface area contributed by atoms with Crippen molar-refractivity contribution in [3.63, 3.8) is 0 Å². The smallest absolute Gasteiger partial charge is 0.142 e. The van der Waals surface area contributed by atoms with Crippen molar-refractivity contribution in [2.45, 2.75) is 112 Å². The van der Waals surface area contributed by atoms with Gasteiger partial charge >= 0.3 is 0 Å². The highest BCUT2D eigenvalue weighted by molar-refractivity contribution is 5.99. The predicted molar refractivity (Wildman–Crippen MR) is 157 cm³/mol. The number of rotatable bonds is 21. The second-order valence-corrected chi connectivity index (χ2v) is 11.4. The highest BCUT2D eigenvalue weighted by Crippen LogP contribution is 2.35.